The molecule has 0 spiro atoms. The molecule has 5 nitrogen and oxygen atoms in total. The van der Waals surface area contributed by atoms with E-state index in [1.807, 2.05) is 49.7 Å². The maximum absolute atomic E-state index is 12.8. The average molecular weight is 387 g/mol. The fraction of sp³-hybridized carbons (Fsp3) is 0.444. The number of carbonyl (C=O) groups excluding carboxylic acids is 1. The molecular formula is C18H28Cl2N4O. The second kappa shape index (κ2) is 9.22. The maximum Gasteiger partial charge on any atom is 0.255 e. The van der Waals surface area contributed by atoms with Gasteiger partial charge in [-0.2, -0.15) is 0 Å². The van der Waals surface area contributed by atoms with Crippen LogP contribution in [0.4, 0.5) is 0 Å². The second-order valence-electron chi connectivity index (χ2n) is 6.84. The predicted octanol–water partition coefficient (Wildman–Crippen LogP) is 3.39. The monoisotopic (exact) mass is 386 g/mol. The van der Waals surface area contributed by atoms with Crippen LogP contribution in [0.1, 0.15) is 35.6 Å². The third kappa shape index (κ3) is 5.21. The SMILES string of the molecule is Cc1cc(C(=O)N(C)CC(C)(C)CN)c(C)n1-c1ccccn1.Cl.Cl. The van der Waals surface area contributed by atoms with Gasteiger partial charge in [0.1, 0.15) is 5.82 Å². The summed E-state index contributed by atoms with van der Waals surface area (Å²) in [5.41, 5.74) is 8.29. The molecule has 2 heterocycles. The van der Waals surface area contributed by atoms with Crippen LogP contribution >= 0.6 is 24.8 Å². The third-order valence-corrected chi connectivity index (χ3v) is 4.10. The first-order valence-corrected chi connectivity index (χ1v) is 7.83. The van der Waals surface area contributed by atoms with Crippen LogP contribution in [0, 0.1) is 19.3 Å². The number of aromatic nitrogens is 2. The van der Waals surface area contributed by atoms with E-state index in [0.717, 1.165) is 17.2 Å². The molecule has 0 aromatic carbocycles. The molecular weight excluding hydrogens is 359 g/mol. The number of amides is 1. The normalized spacial score (nSPS) is 10.6. The van der Waals surface area contributed by atoms with Gasteiger partial charge in [0, 0.05) is 31.2 Å². The van der Waals surface area contributed by atoms with E-state index < -0.39 is 0 Å². The van der Waals surface area contributed by atoms with Gasteiger partial charge in [0.05, 0.1) is 5.56 Å². The Morgan fingerprint density at radius 1 is 1.28 bits per heavy atom. The van der Waals surface area contributed by atoms with Crippen LogP contribution in [0.25, 0.3) is 5.82 Å². The van der Waals surface area contributed by atoms with Crippen LogP contribution in [0.15, 0.2) is 30.5 Å². The van der Waals surface area contributed by atoms with Crippen LogP contribution in [0.5, 0.6) is 0 Å². The second-order valence-corrected chi connectivity index (χ2v) is 6.84. The number of halogens is 2. The van der Waals surface area contributed by atoms with Gasteiger partial charge >= 0.3 is 0 Å². The third-order valence-electron chi connectivity index (χ3n) is 4.10. The highest BCUT2D eigenvalue weighted by Crippen LogP contribution is 2.22. The Morgan fingerprint density at radius 3 is 2.44 bits per heavy atom. The van der Waals surface area contributed by atoms with Crippen molar-refractivity contribution in [3.8, 4) is 5.82 Å². The zero-order chi connectivity index (χ0) is 17.2. The van der Waals surface area contributed by atoms with Crippen LogP contribution in [0.3, 0.4) is 0 Å². The van der Waals surface area contributed by atoms with Crippen LogP contribution in [-0.4, -0.2) is 40.5 Å². The van der Waals surface area contributed by atoms with Gasteiger partial charge in [-0.25, -0.2) is 4.98 Å². The van der Waals surface area contributed by atoms with Crippen molar-refractivity contribution in [3.05, 3.63) is 47.4 Å². The molecule has 7 heteroatoms. The number of nitrogens with two attached hydrogens (primary N) is 1. The summed E-state index contributed by atoms with van der Waals surface area (Å²) in [5.74, 6) is 0.841. The molecule has 2 aromatic rings. The number of carbonyl (C=O) groups is 1. The number of hydrogen-bond donors (Lipinski definition) is 1. The Hall–Kier alpha value is -1.56. The van der Waals surface area contributed by atoms with Gasteiger partial charge in [0.25, 0.3) is 5.91 Å². The summed E-state index contributed by atoms with van der Waals surface area (Å²) < 4.78 is 2.01. The van der Waals surface area contributed by atoms with Crippen LogP contribution in [0.2, 0.25) is 0 Å². The predicted molar refractivity (Wildman–Crippen MR) is 107 cm³/mol. The van der Waals surface area contributed by atoms with Crippen LogP contribution < -0.4 is 5.73 Å². The minimum absolute atomic E-state index is 0. The smallest absolute Gasteiger partial charge is 0.255 e. The van der Waals surface area contributed by atoms with Gasteiger partial charge in [-0.3, -0.25) is 4.79 Å². The molecule has 1 amide bonds. The van der Waals surface area contributed by atoms with Crippen molar-refractivity contribution >= 4 is 30.7 Å². The number of nitrogens with zero attached hydrogens (tertiary/aromatic N) is 3. The van der Waals surface area contributed by atoms with E-state index in [2.05, 4.69) is 18.8 Å². The molecule has 0 aliphatic heterocycles. The molecule has 0 radical (unpaired) electrons. The van der Waals surface area contributed by atoms with Gasteiger partial charge in [-0.1, -0.05) is 19.9 Å². The summed E-state index contributed by atoms with van der Waals surface area (Å²) in [6, 6.07) is 7.69. The average Bonchev–Trinajstić information content (AvgIpc) is 2.81. The Kier molecular flexibility index (Phi) is 8.65. The molecule has 2 rings (SSSR count). The molecule has 2 N–H and O–H groups in total. The molecule has 0 aliphatic carbocycles. The van der Waals surface area contributed by atoms with Crippen molar-refractivity contribution in [2.45, 2.75) is 27.7 Å². The summed E-state index contributed by atoms with van der Waals surface area (Å²) in [6.45, 7) is 9.23. The molecule has 0 saturated carbocycles. The Balaban J connectivity index is 0.00000288. The van der Waals surface area contributed by atoms with Gasteiger partial charge in [-0.15, -0.1) is 24.8 Å². The zero-order valence-electron chi connectivity index (χ0n) is 15.4. The lowest BCUT2D eigenvalue weighted by Gasteiger charge is -2.29. The minimum Gasteiger partial charge on any atom is -0.341 e. The van der Waals surface area contributed by atoms with Crippen molar-refractivity contribution in [1.82, 2.24) is 14.5 Å². The number of pyridine rings is 1. The van der Waals surface area contributed by atoms with Gasteiger partial charge in [0.15, 0.2) is 0 Å². The van der Waals surface area contributed by atoms with E-state index in [0.29, 0.717) is 18.7 Å². The van der Waals surface area contributed by atoms with Crippen molar-refractivity contribution < 1.29 is 4.79 Å². The van der Waals surface area contributed by atoms with Gasteiger partial charge in [0.2, 0.25) is 0 Å². The highest BCUT2D eigenvalue weighted by molar-refractivity contribution is 5.95. The zero-order valence-corrected chi connectivity index (χ0v) is 17.1. The highest BCUT2D eigenvalue weighted by Gasteiger charge is 2.24. The molecule has 140 valence electrons. The van der Waals surface area contributed by atoms with E-state index >= 15 is 0 Å². The lowest BCUT2D eigenvalue weighted by molar-refractivity contribution is 0.0740. The van der Waals surface area contributed by atoms with Crippen molar-refractivity contribution in [2.75, 3.05) is 20.1 Å². The first-order chi connectivity index (χ1) is 10.8. The Bertz CT molecular complexity index is 699. The first-order valence-electron chi connectivity index (χ1n) is 7.83. The number of aryl methyl sites for hydroxylation is 1. The lowest BCUT2D eigenvalue weighted by Crippen LogP contribution is -2.39. The molecule has 2 aromatic heterocycles. The largest absolute Gasteiger partial charge is 0.341 e. The van der Waals surface area contributed by atoms with E-state index in [9.17, 15) is 4.79 Å². The Morgan fingerprint density at radius 2 is 1.92 bits per heavy atom. The fourth-order valence-electron chi connectivity index (χ4n) is 2.80. The molecule has 0 aliphatic rings. The van der Waals surface area contributed by atoms with E-state index in [1.54, 1.807) is 11.1 Å². The molecule has 0 unspecified atom stereocenters. The summed E-state index contributed by atoms with van der Waals surface area (Å²) in [7, 11) is 1.83. The van der Waals surface area contributed by atoms with Crippen molar-refractivity contribution in [3.63, 3.8) is 0 Å². The minimum atomic E-state index is -0.100. The molecule has 0 fully saturated rings. The number of rotatable bonds is 5. The topological polar surface area (TPSA) is 64.2 Å². The van der Waals surface area contributed by atoms with Crippen LogP contribution in [-0.2, 0) is 0 Å². The fourth-order valence-corrected chi connectivity index (χ4v) is 2.80. The summed E-state index contributed by atoms with van der Waals surface area (Å²) >= 11 is 0. The van der Waals surface area contributed by atoms with E-state index in [-0.39, 0.29) is 36.1 Å². The standard InChI is InChI=1S/C18H26N4O.2ClH/c1-13-10-15(17(23)21(5)12-18(3,4)11-19)14(2)22(13)16-8-6-7-9-20-16;;/h6-10H,11-12,19H2,1-5H3;2*1H. The molecule has 0 atom stereocenters. The first kappa shape index (κ1) is 23.4. The molecule has 0 saturated heterocycles. The Labute approximate surface area is 162 Å². The van der Waals surface area contributed by atoms with Gasteiger partial charge < -0.3 is 15.2 Å². The van der Waals surface area contributed by atoms with E-state index in [4.69, 9.17) is 5.73 Å². The maximum atomic E-state index is 12.8. The lowest BCUT2D eigenvalue weighted by atomic mass is 9.93. The summed E-state index contributed by atoms with van der Waals surface area (Å²) in [6.07, 6.45) is 1.76. The highest BCUT2D eigenvalue weighted by atomic mass is 35.5. The van der Waals surface area contributed by atoms with Crippen molar-refractivity contribution in [2.24, 2.45) is 11.1 Å². The molecule has 0 bridgehead atoms. The summed E-state index contributed by atoms with van der Waals surface area (Å²) in [5, 5.41) is 0. The van der Waals surface area contributed by atoms with E-state index in [1.165, 1.54) is 0 Å². The quantitative estimate of drug-likeness (QED) is 0.856. The van der Waals surface area contributed by atoms with Crippen molar-refractivity contribution in [1.29, 1.82) is 0 Å². The van der Waals surface area contributed by atoms with Gasteiger partial charge in [-0.05, 0) is 44.0 Å². The molecule has 25 heavy (non-hydrogen) atoms. The summed E-state index contributed by atoms with van der Waals surface area (Å²) in [4.78, 5) is 18.9. The number of hydrogen-bond acceptors (Lipinski definition) is 3.